The van der Waals surface area contributed by atoms with Gasteiger partial charge in [0.1, 0.15) is 0 Å². The molecule has 0 aliphatic carbocycles. The van der Waals surface area contributed by atoms with Gasteiger partial charge in [-0.3, -0.25) is 14.7 Å². The predicted octanol–water partition coefficient (Wildman–Crippen LogP) is 1.31. The first kappa shape index (κ1) is 16.8. The molecule has 1 amide bonds. The summed E-state index contributed by atoms with van der Waals surface area (Å²) < 4.78 is 7.95. The molecule has 1 aromatic carbocycles. The predicted molar refractivity (Wildman–Crippen MR) is 99.9 cm³/mol. The number of fused-ring (bicyclic) bond motifs is 2. The van der Waals surface area contributed by atoms with Gasteiger partial charge >= 0.3 is 6.09 Å². The Morgan fingerprint density at radius 1 is 1.15 bits per heavy atom. The smallest absolute Gasteiger partial charge is 0.410 e. The maximum absolute atomic E-state index is 12.4. The molecule has 5 rings (SSSR count). The molecule has 27 heavy (non-hydrogen) atoms. The molecule has 0 radical (unpaired) electrons. The second-order valence-corrected chi connectivity index (χ2v) is 8.00. The molecule has 7 heteroatoms. The first-order chi connectivity index (χ1) is 13.1. The minimum absolute atomic E-state index is 0.139. The molecule has 142 valence electrons. The summed E-state index contributed by atoms with van der Waals surface area (Å²) in [7, 11) is 2.01. The van der Waals surface area contributed by atoms with Crippen LogP contribution in [0.5, 0.6) is 0 Å². The van der Waals surface area contributed by atoms with Gasteiger partial charge in [-0.15, -0.1) is 0 Å². The molecule has 3 fully saturated rings. The standard InChI is InChI=1S/C20H25N5O2/c1-22-15-21-9-17(22)11-24-13-20(14-24)18-12-23(7-8-25(18)19(26)27-20)10-16-5-3-2-4-6-16/h2-6,9,15,18H,7-8,10-14H2,1H3. The van der Waals surface area contributed by atoms with E-state index in [2.05, 4.69) is 39.0 Å². The Labute approximate surface area is 159 Å². The number of carbonyl (C=O) groups excluding carboxylic acids is 1. The van der Waals surface area contributed by atoms with Crippen LogP contribution in [0.2, 0.25) is 0 Å². The summed E-state index contributed by atoms with van der Waals surface area (Å²) >= 11 is 0. The third kappa shape index (κ3) is 2.91. The summed E-state index contributed by atoms with van der Waals surface area (Å²) in [5, 5.41) is 0. The number of hydrogen-bond donors (Lipinski definition) is 0. The normalized spacial score (nSPS) is 24.7. The van der Waals surface area contributed by atoms with E-state index in [9.17, 15) is 4.79 Å². The number of amides is 1. The van der Waals surface area contributed by atoms with Crippen molar-refractivity contribution in [2.75, 3.05) is 32.7 Å². The molecule has 3 aliphatic rings. The number of likely N-dealkylation sites (tertiary alicyclic amines) is 1. The molecular formula is C20H25N5O2. The van der Waals surface area contributed by atoms with Crippen molar-refractivity contribution in [3.05, 3.63) is 54.1 Å². The molecule has 2 aromatic rings. The van der Waals surface area contributed by atoms with Crippen LogP contribution in [-0.4, -0.2) is 74.7 Å². The minimum Gasteiger partial charge on any atom is -0.438 e. The van der Waals surface area contributed by atoms with Gasteiger partial charge in [0.2, 0.25) is 0 Å². The van der Waals surface area contributed by atoms with E-state index in [1.165, 1.54) is 11.3 Å². The molecule has 0 bridgehead atoms. The lowest BCUT2D eigenvalue weighted by molar-refractivity contribution is -0.107. The highest BCUT2D eigenvalue weighted by Gasteiger charge is 2.61. The zero-order chi connectivity index (χ0) is 18.4. The maximum Gasteiger partial charge on any atom is 0.410 e. The van der Waals surface area contributed by atoms with Crippen molar-refractivity contribution in [1.82, 2.24) is 24.3 Å². The number of rotatable bonds is 4. The van der Waals surface area contributed by atoms with Crippen molar-refractivity contribution in [3.63, 3.8) is 0 Å². The SMILES string of the molecule is Cn1cncc1CN1CC2(C1)OC(=O)N1CCN(Cc3ccccc3)CC12. The molecular weight excluding hydrogens is 342 g/mol. The average Bonchev–Trinajstić information content (AvgIpc) is 3.17. The van der Waals surface area contributed by atoms with E-state index in [0.29, 0.717) is 0 Å². The number of aryl methyl sites for hydroxylation is 1. The fourth-order valence-corrected chi connectivity index (χ4v) is 4.66. The lowest BCUT2D eigenvalue weighted by atomic mass is 9.84. The van der Waals surface area contributed by atoms with E-state index in [-0.39, 0.29) is 17.7 Å². The van der Waals surface area contributed by atoms with Crippen molar-refractivity contribution in [3.8, 4) is 0 Å². The largest absolute Gasteiger partial charge is 0.438 e. The number of piperazine rings is 1. The monoisotopic (exact) mass is 367 g/mol. The van der Waals surface area contributed by atoms with Gasteiger partial charge in [-0.1, -0.05) is 30.3 Å². The molecule has 4 heterocycles. The van der Waals surface area contributed by atoms with Crippen LogP contribution < -0.4 is 0 Å². The van der Waals surface area contributed by atoms with E-state index in [4.69, 9.17) is 4.74 Å². The number of imidazole rings is 1. The summed E-state index contributed by atoms with van der Waals surface area (Å²) in [5.41, 5.74) is 2.14. The highest BCUT2D eigenvalue weighted by molar-refractivity contribution is 5.72. The zero-order valence-electron chi connectivity index (χ0n) is 15.6. The van der Waals surface area contributed by atoms with Crippen molar-refractivity contribution in [1.29, 1.82) is 0 Å². The van der Waals surface area contributed by atoms with Gasteiger partial charge in [0.25, 0.3) is 0 Å². The summed E-state index contributed by atoms with van der Waals surface area (Å²) in [5.74, 6) is 0. The summed E-state index contributed by atoms with van der Waals surface area (Å²) in [4.78, 5) is 23.3. The quantitative estimate of drug-likeness (QED) is 0.816. The van der Waals surface area contributed by atoms with Crippen LogP contribution in [0.3, 0.4) is 0 Å². The number of nitrogens with zero attached hydrogens (tertiary/aromatic N) is 5. The topological polar surface area (TPSA) is 53.8 Å². The Bertz CT molecular complexity index is 830. The lowest BCUT2D eigenvalue weighted by Crippen LogP contribution is -2.70. The van der Waals surface area contributed by atoms with E-state index in [0.717, 1.165) is 45.8 Å². The lowest BCUT2D eigenvalue weighted by Gasteiger charge is -2.51. The van der Waals surface area contributed by atoms with Gasteiger partial charge in [0.15, 0.2) is 5.60 Å². The first-order valence-electron chi connectivity index (χ1n) is 9.56. The molecule has 7 nitrogen and oxygen atoms in total. The number of benzene rings is 1. The first-order valence-corrected chi connectivity index (χ1v) is 9.56. The molecule has 0 saturated carbocycles. The highest BCUT2D eigenvalue weighted by Crippen LogP contribution is 2.40. The molecule has 1 spiro atoms. The number of carbonyl (C=O) groups is 1. The van der Waals surface area contributed by atoms with Crippen molar-refractivity contribution < 1.29 is 9.53 Å². The number of hydrogen-bond acceptors (Lipinski definition) is 5. The highest BCUT2D eigenvalue weighted by atomic mass is 16.6. The molecule has 1 atom stereocenters. The van der Waals surface area contributed by atoms with Crippen LogP contribution >= 0.6 is 0 Å². The Kier molecular flexibility index (Phi) is 3.94. The van der Waals surface area contributed by atoms with Crippen LogP contribution in [0.4, 0.5) is 4.79 Å². The van der Waals surface area contributed by atoms with E-state index in [1.54, 1.807) is 0 Å². The summed E-state index contributed by atoms with van der Waals surface area (Å²) in [6, 6.07) is 10.7. The van der Waals surface area contributed by atoms with Gasteiger partial charge in [0, 0.05) is 59.1 Å². The van der Waals surface area contributed by atoms with Crippen LogP contribution in [0.1, 0.15) is 11.3 Å². The summed E-state index contributed by atoms with van der Waals surface area (Å²) in [6.07, 6.45) is 3.59. The minimum atomic E-state index is -0.356. The van der Waals surface area contributed by atoms with Crippen molar-refractivity contribution >= 4 is 6.09 Å². The van der Waals surface area contributed by atoms with E-state index in [1.807, 2.05) is 35.1 Å². The van der Waals surface area contributed by atoms with Crippen molar-refractivity contribution in [2.24, 2.45) is 7.05 Å². The zero-order valence-corrected chi connectivity index (χ0v) is 15.6. The molecule has 0 N–H and O–H groups in total. The van der Waals surface area contributed by atoms with Gasteiger partial charge in [-0.05, 0) is 5.56 Å². The Morgan fingerprint density at radius 3 is 2.70 bits per heavy atom. The molecule has 3 saturated heterocycles. The van der Waals surface area contributed by atoms with Crippen molar-refractivity contribution in [2.45, 2.75) is 24.7 Å². The van der Waals surface area contributed by atoms with Gasteiger partial charge in [0.05, 0.1) is 18.1 Å². The fraction of sp³-hybridized carbons (Fsp3) is 0.500. The second kappa shape index (κ2) is 6.35. The van der Waals surface area contributed by atoms with E-state index < -0.39 is 0 Å². The Morgan fingerprint density at radius 2 is 1.96 bits per heavy atom. The number of aromatic nitrogens is 2. The van der Waals surface area contributed by atoms with Gasteiger partial charge in [-0.25, -0.2) is 9.78 Å². The Balaban J connectivity index is 1.26. The fourth-order valence-electron chi connectivity index (χ4n) is 4.66. The summed E-state index contributed by atoms with van der Waals surface area (Å²) in [6.45, 7) is 5.88. The number of ether oxygens (including phenoxy) is 1. The molecule has 1 unspecified atom stereocenters. The third-order valence-electron chi connectivity index (χ3n) is 6.13. The van der Waals surface area contributed by atoms with Crippen LogP contribution in [0.15, 0.2) is 42.9 Å². The Hall–Kier alpha value is -2.38. The van der Waals surface area contributed by atoms with Crippen LogP contribution in [0, 0.1) is 0 Å². The molecule has 3 aliphatic heterocycles. The van der Waals surface area contributed by atoms with Gasteiger partial charge < -0.3 is 9.30 Å². The second-order valence-electron chi connectivity index (χ2n) is 8.00. The third-order valence-corrected chi connectivity index (χ3v) is 6.13. The van der Waals surface area contributed by atoms with Crippen LogP contribution in [0.25, 0.3) is 0 Å². The van der Waals surface area contributed by atoms with E-state index >= 15 is 0 Å². The van der Waals surface area contributed by atoms with Crippen LogP contribution in [-0.2, 0) is 24.9 Å². The molecule has 1 aromatic heterocycles. The maximum atomic E-state index is 12.4. The van der Waals surface area contributed by atoms with Gasteiger partial charge in [-0.2, -0.15) is 0 Å². The average molecular weight is 367 g/mol.